The van der Waals surface area contributed by atoms with E-state index < -0.39 is 30.0 Å². The zero-order valence-corrected chi connectivity index (χ0v) is 11.9. The molecular formula is C14H23FO4. The second-order valence-corrected chi connectivity index (χ2v) is 5.55. The van der Waals surface area contributed by atoms with E-state index in [1.165, 1.54) is 6.08 Å². The monoisotopic (exact) mass is 274 g/mol. The van der Waals surface area contributed by atoms with Gasteiger partial charge in [-0.2, -0.15) is 0 Å². The SMILES string of the molecule is C=C[C@]1(COCCCC)O[C@@H]2OC(C)(C)O[C@@H]2[C@@H]1F. The van der Waals surface area contributed by atoms with Crippen LogP contribution in [-0.2, 0) is 18.9 Å². The normalized spacial score (nSPS) is 40.3. The van der Waals surface area contributed by atoms with E-state index in [-0.39, 0.29) is 6.61 Å². The van der Waals surface area contributed by atoms with Crippen LogP contribution in [0.4, 0.5) is 4.39 Å². The highest BCUT2D eigenvalue weighted by Crippen LogP contribution is 2.44. The molecule has 2 fully saturated rings. The Bertz CT molecular complexity index is 333. The molecule has 0 unspecified atom stereocenters. The maximum absolute atomic E-state index is 14.6. The molecule has 2 aliphatic heterocycles. The molecule has 0 aromatic rings. The standard InChI is InChI=1S/C14H23FO4/c1-5-7-8-16-9-14(6-2)11(15)10-12(19-14)18-13(3,4)17-10/h6,10-12H,2,5,7-9H2,1,3-4H3/t10-,11+,12+,14-/m1/s1. The fourth-order valence-electron chi connectivity index (χ4n) is 2.42. The second kappa shape index (κ2) is 5.48. The highest BCUT2D eigenvalue weighted by Gasteiger charge is 2.61. The van der Waals surface area contributed by atoms with Crippen molar-refractivity contribution in [1.29, 1.82) is 0 Å². The summed E-state index contributed by atoms with van der Waals surface area (Å²) in [5.41, 5.74) is -1.17. The van der Waals surface area contributed by atoms with Crippen LogP contribution in [0.15, 0.2) is 12.7 Å². The number of alkyl halides is 1. The summed E-state index contributed by atoms with van der Waals surface area (Å²) >= 11 is 0. The van der Waals surface area contributed by atoms with E-state index in [1.54, 1.807) is 13.8 Å². The number of ether oxygens (including phenoxy) is 4. The zero-order chi connectivity index (χ0) is 14.1. The van der Waals surface area contributed by atoms with Crippen molar-refractivity contribution in [3.8, 4) is 0 Å². The Kier molecular flexibility index (Phi) is 4.30. The summed E-state index contributed by atoms with van der Waals surface area (Å²) in [6.45, 7) is 9.96. The molecule has 110 valence electrons. The fraction of sp³-hybridized carbons (Fsp3) is 0.857. The summed E-state index contributed by atoms with van der Waals surface area (Å²) < 4.78 is 36.8. The Morgan fingerprint density at radius 3 is 2.63 bits per heavy atom. The van der Waals surface area contributed by atoms with Crippen LogP contribution in [0, 0.1) is 0 Å². The summed E-state index contributed by atoms with van der Waals surface area (Å²) in [5.74, 6) is -0.809. The van der Waals surface area contributed by atoms with E-state index in [2.05, 4.69) is 13.5 Å². The Morgan fingerprint density at radius 1 is 1.32 bits per heavy atom. The summed E-state index contributed by atoms with van der Waals surface area (Å²) in [7, 11) is 0. The third kappa shape index (κ3) is 2.84. The lowest BCUT2D eigenvalue weighted by Crippen LogP contribution is -2.44. The van der Waals surface area contributed by atoms with Crippen molar-refractivity contribution in [1.82, 2.24) is 0 Å². The van der Waals surface area contributed by atoms with E-state index in [1.807, 2.05) is 0 Å². The minimum Gasteiger partial charge on any atom is -0.378 e. The van der Waals surface area contributed by atoms with Gasteiger partial charge in [-0.1, -0.05) is 19.4 Å². The summed E-state index contributed by atoms with van der Waals surface area (Å²) in [5, 5.41) is 0. The molecule has 19 heavy (non-hydrogen) atoms. The van der Waals surface area contributed by atoms with E-state index >= 15 is 0 Å². The average molecular weight is 274 g/mol. The number of rotatable bonds is 6. The molecule has 4 atom stereocenters. The summed E-state index contributed by atoms with van der Waals surface area (Å²) in [4.78, 5) is 0. The van der Waals surface area contributed by atoms with Crippen LogP contribution in [0.25, 0.3) is 0 Å². The molecule has 0 amide bonds. The highest BCUT2D eigenvalue weighted by molar-refractivity contribution is 5.12. The van der Waals surface area contributed by atoms with Gasteiger partial charge in [0.15, 0.2) is 18.2 Å². The quantitative estimate of drug-likeness (QED) is 0.551. The largest absolute Gasteiger partial charge is 0.378 e. The number of unbranched alkanes of at least 4 members (excludes halogenated alkanes) is 1. The van der Waals surface area contributed by atoms with Crippen LogP contribution < -0.4 is 0 Å². The van der Waals surface area contributed by atoms with Gasteiger partial charge >= 0.3 is 0 Å². The average Bonchev–Trinajstić information content (AvgIpc) is 2.78. The van der Waals surface area contributed by atoms with Crippen molar-refractivity contribution < 1.29 is 23.3 Å². The minimum atomic E-state index is -1.33. The van der Waals surface area contributed by atoms with Gasteiger partial charge in [-0.3, -0.25) is 0 Å². The molecule has 4 nitrogen and oxygen atoms in total. The first-order valence-corrected chi connectivity index (χ1v) is 6.83. The first-order chi connectivity index (χ1) is 8.94. The molecule has 5 heteroatoms. The summed E-state index contributed by atoms with van der Waals surface area (Å²) in [6, 6.07) is 0. The van der Waals surface area contributed by atoms with Gasteiger partial charge in [0, 0.05) is 6.61 Å². The molecule has 0 radical (unpaired) electrons. The molecule has 2 aliphatic rings. The van der Waals surface area contributed by atoms with Gasteiger partial charge in [0.2, 0.25) is 0 Å². The Hall–Kier alpha value is -0.490. The molecule has 0 bridgehead atoms. The summed E-state index contributed by atoms with van der Waals surface area (Å²) in [6.07, 6.45) is 0.685. The Labute approximate surface area is 113 Å². The maximum Gasteiger partial charge on any atom is 0.191 e. The van der Waals surface area contributed by atoms with Gasteiger partial charge in [0.05, 0.1) is 6.61 Å². The third-order valence-electron chi connectivity index (χ3n) is 3.49. The van der Waals surface area contributed by atoms with Crippen molar-refractivity contribution in [3.05, 3.63) is 12.7 Å². The lowest BCUT2D eigenvalue weighted by Gasteiger charge is -2.30. The van der Waals surface area contributed by atoms with Crippen molar-refractivity contribution in [3.63, 3.8) is 0 Å². The van der Waals surface area contributed by atoms with E-state index in [4.69, 9.17) is 18.9 Å². The smallest absolute Gasteiger partial charge is 0.191 e. The topological polar surface area (TPSA) is 36.9 Å². The molecule has 0 aromatic heterocycles. The van der Waals surface area contributed by atoms with Crippen LogP contribution in [0.1, 0.15) is 33.6 Å². The number of hydrogen-bond donors (Lipinski definition) is 0. The lowest BCUT2D eigenvalue weighted by molar-refractivity contribution is -0.231. The van der Waals surface area contributed by atoms with Gasteiger partial charge in [0.1, 0.15) is 11.7 Å². The lowest BCUT2D eigenvalue weighted by atomic mass is 9.98. The molecule has 0 aliphatic carbocycles. The predicted molar refractivity (Wildman–Crippen MR) is 68.5 cm³/mol. The fourth-order valence-corrected chi connectivity index (χ4v) is 2.42. The number of hydrogen-bond acceptors (Lipinski definition) is 4. The van der Waals surface area contributed by atoms with Gasteiger partial charge in [-0.05, 0) is 20.3 Å². The van der Waals surface area contributed by atoms with E-state index in [9.17, 15) is 4.39 Å². The van der Waals surface area contributed by atoms with Crippen LogP contribution >= 0.6 is 0 Å². The molecule has 0 aromatic carbocycles. The third-order valence-corrected chi connectivity index (χ3v) is 3.49. The van der Waals surface area contributed by atoms with Gasteiger partial charge in [0.25, 0.3) is 0 Å². The number of halogens is 1. The van der Waals surface area contributed by atoms with Crippen molar-refractivity contribution in [2.75, 3.05) is 13.2 Å². The molecule has 0 spiro atoms. The van der Waals surface area contributed by atoms with Crippen molar-refractivity contribution >= 4 is 0 Å². The minimum absolute atomic E-state index is 0.137. The molecule has 2 heterocycles. The van der Waals surface area contributed by atoms with Gasteiger partial charge < -0.3 is 18.9 Å². The zero-order valence-electron chi connectivity index (χ0n) is 11.9. The van der Waals surface area contributed by atoms with Crippen LogP contribution in [0.5, 0.6) is 0 Å². The first-order valence-electron chi connectivity index (χ1n) is 6.83. The van der Waals surface area contributed by atoms with E-state index in [0.717, 1.165) is 12.8 Å². The number of fused-ring (bicyclic) bond motifs is 1. The predicted octanol–water partition coefficient (Wildman–Crippen LogP) is 2.57. The van der Waals surface area contributed by atoms with Crippen LogP contribution in [-0.4, -0.2) is 43.2 Å². The van der Waals surface area contributed by atoms with Crippen molar-refractivity contribution in [2.24, 2.45) is 0 Å². The van der Waals surface area contributed by atoms with Crippen molar-refractivity contribution in [2.45, 2.75) is 63.6 Å². The Morgan fingerprint density at radius 2 is 2.05 bits per heavy atom. The first kappa shape index (κ1) is 14.9. The van der Waals surface area contributed by atoms with Crippen LogP contribution in [0.3, 0.4) is 0 Å². The molecular weight excluding hydrogens is 251 g/mol. The van der Waals surface area contributed by atoms with Gasteiger partial charge in [-0.15, -0.1) is 6.58 Å². The van der Waals surface area contributed by atoms with E-state index in [0.29, 0.717) is 6.61 Å². The Balaban J connectivity index is 1.98. The highest BCUT2D eigenvalue weighted by atomic mass is 19.1. The molecule has 2 saturated heterocycles. The van der Waals surface area contributed by atoms with Crippen LogP contribution in [0.2, 0.25) is 0 Å². The molecule has 2 rings (SSSR count). The maximum atomic E-state index is 14.6. The van der Waals surface area contributed by atoms with Gasteiger partial charge in [-0.25, -0.2) is 4.39 Å². The second-order valence-electron chi connectivity index (χ2n) is 5.55. The molecule has 0 saturated carbocycles. The molecule has 0 N–H and O–H groups in total.